The zero-order valence-corrected chi connectivity index (χ0v) is 13.7. The van der Waals surface area contributed by atoms with Crippen LogP contribution in [-0.2, 0) is 0 Å². The van der Waals surface area contributed by atoms with Crippen LogP contribution in [-0.4, -0.2) is 30.2 Å². The molecule has 17 heavy (non-hydrogen) atoms. The second-order valence-corrected chi connectivity index (χ2v) is 7.27. The fourth-order valence-corrected chi connectivity index (χ4v) is 2.50. The Morgan fingerprint density at radius 2 is 1.41 bits per heavy atom. The van der Waals surface area contributed by atoms with Crippen LogP contribution in [0.2, 0.25) is 0 Å². The molecule has 0 saturated heterocycles. The van der Waals surface area contributed by atoms with Gasteiger partial charge in [0, 0.05) is 12.8 Å². The first-order chi connectivity index (χ1) is 7.64. The molecule has 0 N–H and O–H groups in total. The van der Waals surface area contributed by atoms with E-state index in [9.17, 15) is 0 Å². The summed E-state index contributed by atoms with van der Waals surface area (Å²) in [4.78, 5) is 0. The quantitative estimate of drug-likeness (QED) is 0.533. The number of hydrogen-bond donors (Lipinski definition) is 0. The lowest BCUT2D eigenvalue weighted by atomic mass is 9.84. The van der Waals surface area contributed by atoms with Gasteiger partial charge in [-0.25, -0.2) is 0 Å². The molecule has 0 aliphatic rings. The average Bonchev–Trinajstić information content (AvgIpc) is 2.25. The summed E-state index contributed by atoms with van der Waals surface area (Å²) < 4.78 is 1.21. The minimum Gasteiger partial charge on any atom is -0.322 e. The van der Waals surface area contributed by atoms with E-state index in [0.29, 0.717) is 11.0 Å². The Morgan fingerprint density at radius 1 is 0.882 bits per heavy atom. The first kappa shape index (κ1) is 17.0. The van der Waals surface area contributed by atoms with E-state index in [0.717, 1.165) is 0 Å². The normalized spacial score (nSPS) is 16.9. The second-order valence-electron chi connectivity index (χ2n) is 7.27. The topological polar surface area (TPSA) is 0 Å². The van der Waals surface area contributed by atoms with Gasteiger partial charge < -0.3 is 4.48 Å². The Morgan fingerprint density at radius 3 is 1.76 bits per heavy atom. The minimum absolute atomic E-state index is 0.410. The summed E-state index contributed by atoms with van der Waals surface area (Å²) in [7, 11) is 2.45. The molecule has 0 aromatic carbocycles. The SMILES string of the molecule is CCCC(C)(C)[N+](C)(CC)CCC(C)(C)CC. The largest absolute Gasteiger partial charge is 0.322 e. The van der Waals surface area contributed by atoms with Crippen molar-refractivity contribution in [1.29, 1.82) is 0 Å². The van der Waals surface area contributed by atoms with Crippen LogP contribution in [0.5, 0.6) is 0 Å². The summed E-state index contributed by atoms with van der Waals surface area (Å²) in [6, 6.07) is 0. The highest BCUT2D eigenvalue weighted by atomic mass is 15.4. The molecule has 1 nitrogen and oxygen atoms in total. The van der Waals surface area contributed by atoms with E-state index >= 15 is 0 Å². The van der Waals surface area contributed by atoms with Gasteiger partial charge in [0.25, 0.3) is 0 Å². The van der Waals surface area contributed by atoms with Crippen molar-refractivity contribution >= 4 is 0 Å². The first-order valence-electron chi connectivity index (χ1n) is 7.49. The van der Waals surface area contributed by atoms with E-state index in [1.807, 2.05) is 0 Å². The van der Waals surface area contributed by atoms with E-state index in [-0.39, 0.29) is 0 Å². The lowest BCUT2D eigenvalue weighted by molar-refractivity contribution is -0.955. The number of rotatable bonds is 8. The summed E-state index contributed by atoms with van der Waals surface area (Å²) in [6.07, 6.45) is 5.23. The van der Waals surface area contributed by atoms with Gasteiger partial charge in [0.15, 0.2) is 0 Å². The number of hydrogen-bond acceptors (Lipinski definition) is 0. The molecular weight excluding hydrogens is 206 g/mol. The van der Waals surface area contributed by atoms with Crippen molar-refractivity contribution in [2.75, 3.05) is 20.1 Å². The van der Waals surface area contributed by atoms with Gasteiger partial charge in [0.05, 0.1) is 25.7 Å². The van der Waals surface area contributed by atoms with Gasteiger partial charge >= 0.3 is 0 Å². The molecule has 0 spiro atoms. The Hall–Kier alpha value is -0.0400. The van der Waals surface area contributed by atoms with Crippen molar-refractivity contribution in [3.8, 4) is 0 Å². The fourth-order valence-electron chi connectivity index (χ4n) is 2.50. The average molecular weight is 242 g/mol. The third-order valence-corrected chi connectivity index (χ3v) is 5.26. The Bertz CT molecular complexity index is 218. The van der Waals surface area contributed by atoms with Gasteiger partial charge in [-0.15, -0.1) is 0 Å². The van der Waals surface area contributed by atoms with E-state index in [1.54, 1.807) is 0 Å². The van der Waals surface area contributed by atoms with Crippen LogP contribution in [0.4, 0.5) is 0 Å². The lowest BCUT2D eigenvalue weighted by Gasteiger charge is -2.48. The molecule has 0 fully saturated rings. The van der Waals surface area contributed by atoms with Gasteiger partial charge in [-0.2, -0.15) is 0 Å². The molecule has 1 atom stereocenters. The first-order valence-corrected chi connectivity index (χ1v) is 7.49. The molecule has 1 heteroatoms. The van der Waals surface area contributed by atoms with Gasteiger partial charge in [-0.3, -0.25) is 0 Å². The highest BCUT2D eigenvalue weighted by Gasteiger charge is 2.38. The predicted octanol–water partition coefficient (Wildman–Crippen LogP) is 4.86. The zero-order chi connectivity index (χ0) is 13.7. The molecule has 0 aromatic rings. The standard InChI is InChI=1S/C16H36N/c1-9-12-16(6,7)17(8,11-3)14-13-15(4,5)10-2/h9-14H2,1-8H3/q+1. The van der Waals surface area contributed by atoms with Crippen LogP contribution in [0.3, 0.4) is 0 Å². The maximum Gasteiger partial charge on any atom is 0.0933 e. The van der Waals surface area contributed by atoms with E-state index in [1.165, 1.54) is 43.3 Å². The maximum atomic E-state index is 2.45. The van der Waals surface area contributed by atoms with E-state index in [4.69, 9.17) is 0 Å². The Labute approximate surface area is 110 Å². The number of quaternary nitrogens is 1. The van der Waals surface area contributed by atoms with Crippen LogP contribution in [0.1, 0.15) is 74.1 Å². The summed E-state index contributed by atoms with van der Waals surface area (Å²) in [6.45, 7) is 19.2. The van der Waals surface area contributed by atoms with Crippen molar-refractivity contribution in [1.82, 2.24) is 0 Å². The predicted molar refractivity (Wildman–Crippen MR) is 79.3 cm³/mol. The molecule has 1 unspecified atom stereocenters. The fraction of sp³-hybridized carbons (Fsp3) is 1.00. The summed E-state index contributed by atoms with van der Waals surface area (Å²) in [5, 5.41) is 0. The van der Waals surface area contributed by atoms with Crippen LogP contribution >= 0.6 is 0 Å². The van der Waals surface area contributed by atoms with Crippen molar-refractivity contribution in [2.24, 2.45) is 5.41 Å². The summed E-state index contributed by atoms with van der Waals surface area (Å²) >= 11 is 0. The minimum atomic E-state index is 0.410. The molecule has 0 heterocycles. The van der Waals surface area contributed by atoms with Crippen molar-refractivity contribution in [2.45, 2.75) is 79.7 Å². The third kappa shape index (κ3) is 4.62. The zero-order valence-electron chi connectivity index (χ0n) is 13.7. The van der Waals surface area contributed by atoms with Crippen molar-refractivity contribution in [3.05, 3.63) is 0 Å². The number of nitrogens with zero attached hydrogens (tertiary/aromatic N) is 1. The summed E-state index contributed by atoms with van der Waals surface area (Å²) in [5.41, 5.74) is 0.907. The van der Waals surface area contributed by atoms with Gasteiger partial charge in [0.1, 0.15) is 0 Å². The maximum absolute atomic E-state index is 2.45. The van der Waals surface area contributed by atoms with Crippen LogP contribution < -0.4 is 0 Å². The molecule has 104 valence electrons. The smallest absolute Gasteiger partial charge is 0.0933 e. The lowest BCUT2D eigenvalue weighted by Crippen LogP contribution is -2.59. The van der Waals surface area contributed by atoms with E-state index < -0.39 is 0 Å². The summed E-state index contributed by atoms with van der Waals surface area (Å²) in [5.74, 6) is 0. The molecule has 0 rings (SSSR count). The van der Waals surface area contributed by atoms with E-state index in [2.05, 4.69) is 55.5 Å². The third-order valence-electron chi connectivity index (χ3n) is 5.26. The van der Waals surface area contributed by atoms with Gasteiger partial charge in [-0.1, -0.05) is 40.5 Å². The second kappa shape index (κ2) is 6.22. The van der Waals surface area contributed by atoms with Gasteiger partial charge in [0.2, 0.25) is 0 Å². The molecule has 0 bridgehead atoms. The molecule has 0 saturated carbocycles. The molecule has 0 aliphatic heterocycles. The monoisotopic (exact) mass is 242 g/mol. The Balaban J connectivity index is 4.68. The van der Waals surface area contributed by atoms with Crippen molar-refractivity contribution in [3.63, 3.8) is 0 Å². The van der Waals surface area contributed by atoms with Crippen molar-refractivity contribution < 1.29 is 4.48 Å². The van der Waals surface area contributed by atoms with Crippen LogP contribution in [0.25, 0.3) is 0 Å². The molecule has 0 aromatic heterocycles. The highest BCUT2D eigenvalue weighted by Crippen LogP contribution is 2.32. The van der Waals surface area contributed by atoms with Gasteiger partial charge in [-0.05, 0) is 26.2 Å². The van der Waals surface area contributed by atoms with Crippen LogP contribution in [0.15, 0.2) is 0 Å². The highest BCUT2D eigenvalue weighted by molar-refractivity contribution is 4.72. The van der Waals surface area contributed by atoms with Crippen LogP contribution in [0, 0.1) is 5.41 Å². The molecule has 0 amide bonds. The molecular formula is C16H36N+. The molecule has 0 aliphatic carbocycles. The molecule has 0 radical (unpaired) electrons. The Kier molecular flexibility index (Phi) is 6.21.